The molecular formula is C21H20Br2O4. The smallest absolute Gasteiger partial charge is 0.303 e. The van der Waals surface area contributed by atoms with Crippen molar-refractivity contribution >= 4 is 43.8 Å². The van der Waals surface area contributed by atoms with E-state index >= 15 is 0 Å². The fraction of sp³-hybridized carbons (Fsp3) is 0.333. The van der Waals surface area contributed by atoms with Crippen molar-refractivity contribution < 1.29 is 19.8 Å². The van der Waals surface area contributed by atoms with Crippen molar-refractivity contribution in [2.24, 2.45) is 5.41 Å². The van der Waals surface area contributed by atoms with Gasteiger partial charge in [-0.1, -0.05) is 57.8 Å². The average Bonchev–Trinajstić information content (AvgIpc) is 2.81. The predicted octanol–water partition coefficient (Wildman–Crippen LogP) is 5.84. The first kappa shape index (κ1) is 20.1. The molecule has 0 aromatic heterocycles. The first-order chi connectivity index (χ1) is 12.6. The maximum absolute atomic E-state index is 11.7. The van der Waals surface area contributed by atoms with Crippen molar-refractivity contribution in [3.63, 3.8) is 0 Å². The van der Waals surface area contributed by atoms with Crippen LogP contribution in [0.15, 0.2) is 45.3 Å². The van der Waals surface area contributed by atoms with Gasteiger partial charge in [-0.05, 0) is 58.4 Å². The molecule has 0 unspecified atom stereocenters. The second-order valence-corrected chi connectivity index (χ2v) is 9.46. The number of fused-ring (bicyclic) bond motifs is 3. The molecule has 2 aromatic rings. The van der Waals surface area contributed by atoms with Crippen LogP contribution in [0.4, 0.5) is 0 Å². The van der Waals surface area contributed by atoms with Crippen LogP contribution < -0.4 is 0 Å². The van der Waals surface area contributed by atoms with Gasteiger partial charge in [0.05, 0.1) is 6.42 Å². The van der Waals surface area contributed by atoms with E-state index in [2.05, 4.69) is 31.9 Å². The Bertz CT molecular complexity index is 882. The van der Waals surface area contributed by atoms with E-state index in [4.69, 9.17) is 0 Å². The molecule has 1 aliphatic rings. The molecule has 1 aliphatic carbocycles. The summed E-state index contributed by atoms with van der Waals surface area (Å²) in [5.41, 5.74) is 2.61. The zero-order valence-electron chi connectivity index (χ0n) is 15.1. The number of carboxylic acid groups (broad SMARTS) is 2. The maximum atomic E-state index is 11.7. The number of carbonyl (C=O) groups is 2. The lowest BCUT2D eigenvalue weighted by Gasteiger charge is -2.45. The summed E-state index contributed by atoms with van der Waals surface area (Å²) < 4.78 is 1.78. The second kappa shape index (κ2) is 7.06. The van der Waals surface area contributed by atoms with Crippen molar-refractivity contribution in [1.29, 1.82) is 0 Å². The van der Waals surface area contributed by atoms with E-state index in [-0.39, 0.29) is 12.8 Å². The van der Waals surface area contributed by atoms with Gasteiger partial charge >= 0.3 is 11.9 Å². The van der Waals surface area contributed by atoms with Gasteiger partial charge in [0.25, 0.3) is 0 Å². The fourth-order valence-corrected chi connectivity index (χ4v) is 5.24. The Morgan fingerprint density at radius 1 is 0.926 bits per heavy atom. The minimum absolute atomic E-state index is 0.0407. The lowest BCUT2D eigenvalue weighted by molar-refractivity contribution is -0.140. The van der Waals surface area contributed by atoms with E-state index < -0.39 is 22.8 Å². The summed E-state index contributed by atoms with van der Waals surface area (Å²) in [6, 6.07) is 12.0. The largest absolute Gasteiger partial charge is 0.481 e. The number of aliphatic carboxylic acids is 2. The summed E-state index contributed by atoms with van der Waals surface area (Å²) in [7, 11) is 0. The monoisotopic (exact) mass is 494 g/mol. The molecule has 142 valence electrons. The van der Waals surface area contributed by atoms with Gasteiger partial charge in [-0.25, -0.2) is 0 Å². The van der Waals surface area contributed by atoms with Gasteiger partial charge in [-0.3, -0.25) is 9.59 Å². The van der Waals surface area contributed by atoms with Crippen molar-refractivity contribution in [1.82, 2.24) is 0 Å². The lowest BCUT2D eigenvalue weighted by atomic mass is 9.57. The highest BCUT2D eigenvalue weighted by molar-refractivity contribution is 9.10. The van der Waals surface area contributed by atoms with Gasteiger partial charge in [-0.2, -0.15) is 0 Å². The molecule has 4 nitrogen and oxygen atoms in total. The quantitative estimate of drug-likeness (QED) is 0.527. The zero-order valence-corrected chi connectivity index (χ0v) is 18.2. The Kier molecular flexibility index (Phi) is 5.25. The van der Waals surface area contributed by atoms with Crippen LogP contribution in [-0.4, -0.2) is 22.2 Å². The van der Waals surface area contributed by atoms with Crippen LogP contribution in [0.25, 0.3) is 11.1 Å². The van der Waals surface area contributed by atoms with Crippen molar-refractivity contribution in [2.75, 3.05) is 0 Å². The van der Waals surface area contributed by atoms with E-state index in [1.54, 1.807) is 0 Å². The van der Waals surface area contributed by atoms with Crippen LogP contribution in [-0.2, 0) is 15.0 Å². The number of carboxylic acids is 2. The molecule has 27 heavy (non-hydrogen) atoms. The molecule has 0 radical (unpaired) electrons. The van der Waals surface area contributed by atoms with Crippen LogP contribution in [0, 0.1) is 5.41 Å². The van der Waals surface area contributed by atoms with E-state index in [1.165, 1.54) is 0 Å². The van der Waals surface area contributed by atoms with E-state index in [0.29, 0.717) is 6.42 Å². The molecule has 0 amide bonds. The van der Waals surface area contributed by atoms with Crippen LogP contribution in [0.1, 0.15) is 44.2 Å². The van der Waals surface area contributed by atoms with Gasteiger partial charge in [0.1, 0.15) is 0 Å². The molecule has 0 fully saturated rings. The van der Waals surface area contributed by atoms with Gasteiger partial charge in [0.15, 0.2) is 0 Å². The Morgan fingerprint density at radius 3 is 1.81 bits per heavy atom. The normalized spacial score (nSPS) is 14.5. The minimum Gasteiger partial charge on any atom is -0.481 e. The van der Waals surface area contributed by atoms with E-state index in [0.717, 1.165) is 31.2 Å². The molecule has 0 aliphatic heterocycles. The minimum atomic E-state index is -0.894. The lowest BCUT2D eigenvalue weighted by Crippen LogP contribution is -2.43. The van der Waals surface area contributed by atoms with Crippen LogP contribution in [0.3, 0.4) is 0 Å². The Labute approximate surface area is 174 Å². The Hall–Kier alpha value is -1.66. The van der Waals surface area contributed by atoms with E-state index in [9.17, 15) is 19.8 Å². The first-order valence-corrected chi connectivity index (χ1v) is 10.2. The summed E-state index contributed by atoms with van der Waals surface area (Å²) in [6.07, 6.45) is 0.223. The molecule has 0 saturated heterocycles. The van der Waals surface area contributed by atoms with Crippen molar-refractivity contribution in [2.45, 2.75) is 38.5 Å². The van der Waals surface area contributed by atoms with Crippen LogP contribution in [0.5, 0.6) is 0 Å². The molecule has 0 spiro atoms. The number of hydrogen-bond donors (Lipinski definition) is 2. The highest BCUT2D eigenvalue weighted by Crippen LogP contribution is 2.61. The fourth-order valence-electron chi connectivity index (χ4n) is 4.51. The summed E-state index contributed by atoms with van der Waals surface area (Å²) in [6.45, 7) is 3.84. The molecular weight excluding hydrogens is 476 g/mol. The third kappa shape index (κ3) is 3.34. The van der Waals surface area contributed by atoms with Crippen molar-refractivity contribution in [3.05, 3.63) is 56.5 Å². The van der Waals surface area contributed by atoms with Gasteiger partial charge in [-0.15, -0.1) is 0 Å². The molecule has 6 heteroatoms. The van der Waals surface area contributed by atoms with Crippen molar-refractivity contribution in [3.8, 4) is 11.1 Å². The molecule has 2 aromatic carbocycles. The standard InChI is InChI=1S/C21H20Br2O4/c1-20(2,11-19(26)27)21(8-7-18(24)25)16-9-12(22)3-5-14(16)15-6-4-13(23)10-17(15)21/h3-6,9-10H,7-8,11H2,1-2H3,(H,24,25)(H,26,27). The molecule has 2 N–H and O–H groups in total. The summed E-state index contributed by atoms with van der Waals surface area (Å²) >= 11 is 7.06. The SMILES string of the molecule is CC(C)(CC(=O)O)C1(CCC(=O)O)c2cc(Br)ccc2-c2ccc(Br)cc21. The number of halogens is 2. The maximum Gasteiger partial charge on any atom is 0.303 e. The topological polar surface area (TPSA) is 74.6 Å². The predicted molar refractivity (Wildman–Crippen MR) is 111 cm³/mol. The third-order valence-electron chi connectivity index (χ3n) is 5.64. The molecule has 0 atom stereocenters. The van der Waals surface area contributed by atoms with E-state index in [1.807, 2.05) is 50.2 Å². The molecule has 0 saturated carbocycles. The highest BCUT2D eigenvalue weighted by Gasteiger charge is 2.53. The average molecular weight is 496 g/mol. The molecule has 0 heterocycles. The number of benzene rings is 2. The summed E-state index contributed by atoms with van der Waals surface area (Å²) in [4.78, 5) is 23.1. The Morgan fingerprint density at radius 2 is 1.41 bits per heavy atom. The second-order valence-electron chi connectivity index (χ2n) is 7.63. The van der Waals surface area contributed by atoms with Gasteiger partial charge in [0, 0.05) is 20.8 Å². The third-order valence-corrected chi connectivity index (χ3v) is 6.62. The number of hydrogen-bond acceptors (Lipinski definition) is 2. The van der Waals surface area contributed by atoms with Gasteiger partial charge < -0.3 is 10.2 Å². The highest BCUT2D eigenvalue weighted by atomic mass is 79.9. The van der Waals surface area contributed by atoms with Crippen LogP contribution in [0.2, 0.25) is 0 Å². The molecule has 3 rings (SSSR count). The number of rotatable bonds is 6. The summed E-state index contributed by atoms with van der Waals surface area (Å²) in [5, 5.41) is 19.0. The zero-order chi connectivity index (χ0) is 20.0. The first-order valence-electron chi connectivity index (χ1n) is 8.62. The summed E-state index contributed by atoms with van der Waals surface area (Å²) in [5.74, 6) is -1.78. The van der Waals surface area contributed by atoms with Gasteiger partial charge in [0.2, 0.25) is 0 Å². The Balaban J connectivity index is 2.37. The van der Waals surface area contributed by atoms with Crippen LogP contribution >= 0.6 is 31.9 Å². The molecule has 0 bridgehead atoms.